The molecule has 0 spiro atoms. The lowest BCUT2D eigenvalue weighted by molar-refractivity contribution is -0.132. The van der Waals surface area contributed by atoms with E-state index in [9.17, 15) is 19.5 Å². The van der Waals surface area contributed by atoms with Crippen molar-refractivity contribution >= 4 is 11.8 Å². The molecule has 2 aliphatic heterocycles. The first-order valence-electron chi connectivity index (χ1n) is 10.7. The van der Waals surface area contributed by atoms with Gasteiger partial charge in [-0.15, -0.1) is 0 Å². The summed E-state index contributed by atoms with van der Waals surface area (Å²) in [5, 5.41) is 13.4. The predicted molar refractivity (Wildman–Crippen MR) is 112 cm³/mol. The van der Waals surface area contributed by atoms with Gasteiger partial charge in [-0.1, -0.05) is 29.8 Å². The largest absolute Gasteiger partial charge is 0.503 e. The maximum absolute atomic E-state index is 13.1. The van der Waals surface area contributed by atoms with Gasteiger partial charge in [0, 0.05) is 12.2 Å². The van der Waals surface area contributed by atoms with Crippen molar-refractivity contribution in [3.05, 3.63) is 63.1 Å². The Morgan fingerprint density at radius 1 is 1.23 bits per heavy atom. The molecule has 8 heteroatoms. The zero-order valence-electron chi connectivity index (χ0n) is 17.5. The number of hydrogen-bond donors (Lipinski definition) is 2. The smallest absolute Gasteiger partial charge is 0.276 e. The molecule has 1 aromatic heterocycles. The summed E-state index contributed by atoms with van der Waals surface area (Å²) in [5.74, 6) is -1.70. The molecule has 3 heterocycles. The number of hydrogen-bond acceptors (Lipinski definition) is 5. The lowest BCUT2D eigenvalue weighted by Gasteiger charge is -2.44. The minimum absolute atomic E-state index is 0.0674. The van der Waals surface area contributed by atoms with Gasteiger partial charge in [-0.2, -0.15) is 0 Å². The highest BCUT2D eigenvalue weighted by atomic mass is 16.5. The highest BCUT2D eigenvalue weighted by Gasteiger charge is 2.47. The Bertz CT molecular complexity index is 1120. The fourth-order valence-corrected chi connectivity index (χ4v) is 4.93. The fraction of sp³-hybridized carbons (Fsp3) is 0.435. The zero-order valence-corrected chi connectivity index (χ0v) is 17.5. The summed E-state index contributed by atoms with van der Waals surface area (Å²) in [4.78, 5) is 40.4. The first kappa shape index (κ1) is 19.8. The maximum Gasteiger partial charge on any atom is 0.276 e. The normalized spacial score (nSPS) is 25.0. The summed E-state index contributed by atoms with van der Waals surface area (Å²) in [5.41, 5.74) is 0.905. The van der Waals surface area contributed by atoms with Crippen LogP contribution in [-0.2, 0) is 11.3 Å². The fourth-order valence-electron chi connectivity index (χ4n) is 4.93. The molecule has 0 radical (unpaired) electrons. The molecular formula is C23H25N3O5. The molecule has 162 valence electrons. The van der Waals surface area contributed by atoms with Crippen molar-refractivity contribution in [1.29, 1.82) is 0 Å². The second kappa shape index (κ2) is 7.23. The number of carbonyl (C=O) groups excluding carboxylic acids is 2. The average Bonchev–Trinajstić information content (AvgIpc) is 3.11. The number of pyridine rings is 1. The van der Waals surface area contributed by atoms with Crippen molar-refractivity contribution in [3.8, 4) is 5.75 Å². The number of carbonyl (C=O) groups is 2. The molecule has 31 heavy (non-hydrogen) atoms. The number of rotatable bonds is 3. The molecule has 8 nitrogen and oxygen atoms in total. The molecule has 2 amide bonds. The lowest BCUT2D eigenvalue weighted by atomic mass is 10.0. The Hall–Kier alpha value is -3.13. The highest BCUT2D eigenvalue weighted by molar-refractivity contribution is 5.99. The minimum atomic E-state index is -0.839. The van der Waals surface area contributed by atoms with E-state index in [-0.39, 0.29) is 36.0 Å². The van der Waals surface area contributed by atoms with Crippen LogP contribution in [0.15, 0.2) is 35.3 Å². The van der Waals surface area contributed by atoms with Gasteiger partial charge >= 0.3 is 0 Å². The number of amides is 2. The van der Waals surface area contributed by atoms with Crippen molar-refractivity contribution in [2.24, 2.45) is 0 Å². The zero-order chi connectivity index (χ0) is 21.9. The van der Waals surface area contributed by atoms with Crippen molar-refractivity contribution in [3.63, 3.8) is 0 Å². The molecule has 2 fully saturated rings. The number of aromatic nitrogens is 1. The van der Waals surface area contributed by atoms with E-state index in [2.05, 4.69) is 5.32 Å². The van der Waals surface area contributed by atoms with E-state index in [0.29, 0.717) is 0 Å². The van der Waals surface area contributed by atoms with Gasteiger partial charge in [-0.3, -0.25) is 14.4 Å². The number of nitrogens with zero attached hydrogens (tertiary/aromatic N) is 2. The van der Waals surface area contributed by atoms with Gasteiger partial charge in [0.15, 0.2) is 17.7 Å². The van der Waals surface area contributed by atoms with Crippen LogP contribution < -0.4 is 10.7 Å². The maximum atomic E-state index is 13.1. The number of aromatic hydroxyl groups is 1. The molecule has 1 aliphatic carbocycles. The Morgan fingerprint density at radius 3 is 2.71 bits per heavy atom. The van der Waals surface area contributed by atoms with Crippen molar-refractivity contribution in [2.75, 3.05) is 0 Å². The number of fused-ring (bicyclic) bond motifs is 5. The third-order valence-electron chi connectivity index (χ3n) is 6.63. The van der Waals surface area contributed by atoms with Gasteiger partial charge in [0.2, 0.25) is 5.43 Å². The molecule has 2 N–H and O–H groups in total. The standard InChI is InChI=1S/C23H25N3O5/c1-12-3-5-14(6-4-12)13(2)24-22(29)17-10-25-11-18-26(15-7-8-16(9-15)31-18)23(30)19(25)21(28)20(17)27/h3-6,10,13,15-16,18,28H,7-9,11H2,1-2H3,(H,24,29)/t13-,15-,16+,18+/m0/s1. The highest BCUT2D eigenvalue weighted by Crippen LogP contribution is 2.38. The number of aryl methyl sites for hydroxylation is 1. The first-order chi connectivity index (χ1) is 14.8. The second-order valence-corrected chi connectivity index (χ2v) is 8.72. The van der Waals surface area contributed by atoms with Gasteiger partial charge in [-0.25, -0.2) is 0 Å². The SMILES string of the molecule is Cc1ccc([C@H](C)NC(=O)c2cn3c(c(O)c2=O)C(=O)N2[C@H]4CC[C@H](C4)O[C@@H]2C3)cc1. The molecule has 3 aliphatic rings. The molecule has 0 unspecified atom stereocenters. The quantitative estimate of drug-likeness (QED) is 0.787. The van der Waals surface area contributed by atoms with Crippen LogP contribution in [0.1, 0.15) is 64.2 Å². The van der Waals surface area contributed by atoms with E-state index in [1.807, 2.05) is 38.1 Å². The molecule has 1 aromatic carbocycles. The topological polar surface area (TPSA) is 101 Å². The summed E-state index contributed by atoms with van der Waals surface area (Å²) in [6.45, 7) is 4.08. The van der Waals surface area contributed by atoms with Crippen LogP contribution in [0.25, 0.3) is 0 Å². The van der Waals surface area contributed by atoms with Crippen molar-refractivity contribution in [2.45, 2.75) is 64.1 Å². The summed E-state index contributed by atoms with van der Waals surface area (Å²) < 4.78 is 7.52. The molecule has 5 rings (SSSR count). The Kier molecular flexibility index (Phi) is 4.62. The summed E-state index contributed by atoms with van der Waals surface area (Å²) in [6, 6.07) is 7.47. The van der Waals surface area contributed by atoms with Gasteiger partial charge in [0.25, 0.3) is 11.8 Å². The Balaban J connectivity index is 1.45. The van der Waals surface area contributed by atoms with Gasteiger partial charge in [0.05, 0.1) is 18.7 Å². The van der Waals surface area contributed by atoms with Crippen LogP contribution in [0, 0.1) is 6.92 Å². The van der Waals surface area contributed by atoms with Crippen molar-refractivity contribution < 1.29 is 19.4 Å². The predicted octanol–water partition coefficient (Wildman–Crippen LogP) is 2.09. The molecule has 2 bridgehead atoms. The number of benzene rings is 1. The van der Waals surface area contributed by atoms with E-state index < -0.39 is 29.2 Å². The third-order valence-corrected chi connectivity index (χ3v) is 6.63. The summed E-state index contributed by atoms with van der Waals surface area (Å²) >= 11 is 0. The first-order valence-corrected chi connectivity index (χ1v) is 10.7. The minimum Gasteiger partial charge on any atom is -0.503 e. The molecule has 1 saturated carbocycles. The number of ether oxygens (including phenoxy) is 1. The van der Waals surface area contributed by atoms with Crippen LogP contribution in [0.5, 0.6) is 5.75 Å². The van der Waals surface area contributed by atoms with Crippen LogP contribution in [0.4, 0.5) is 0 Å². The van der Waals surface area contributed by atoms with Crippen molar-refractivity contribution in [1.82, 2.24) is 14.8 Å². The molecule has 1 saturated heterocycles. The molecular weight excluding hydrogens is 398 g/mol. The third kappa shape index (κ3) is 3.22. The average molecular weight is 423 g/mol. The van der Waals surface area contributed by atoms with Gasteiger partial charge < -0.3 is 24.6 Å². The molecule has 2 aromatic rings. The van der Waals surface area contributed by atoms with E-state index in [1.54, 1.807) is 4.90 Å². The van der Waals surface area contributed by atoms with Gasteiger partial charge in [-0.05, 0) is 38.7 Å². The Labute approximate surface area is 179 Å². The lowest BCUT2D eigenvalue weighted by Crippen LogP contribution is -2.57. The van der Waals surface area contributed by atoms with Gasteiger partial charge in [0.1, 0.15) is 5.56 Å². The van der Waals surface area contributed by atoms with Crippen LogP contribution >= 0.6 is 0 Å². The molecule has 4 atom stereocenters. The Morgan fingerprint density at radius 2 is 1.97 bits per heavy atom. The summed E-state index contributed by atoms with van der Waals surface area (Å²) in [6.07, 6.45) is 3.58. The van der Waals surface area contributed by atoms with E-state index in [1.165, 1.54) is 10.8 Å². The van der Waals surface area contributed by atoms with E-state index >= 15 is 0 Å². The van der Waals surface area contributed by atoms with Crippen LogP contribution in [-0.4, -0.2) is 44.8 Å². The second-order valence-electron chi connectivity index (χ2n) is 8.72. The summed E-state index contributed by atoms with van der Waals surface area (Å²) in [7, 11) is 0. The van der Waals surface area contributed by atoms with Crippen LogP contribution in [0.3, 0.4) is 0 Å². The monoisotopic (exact) mass is 423 g/mol. The number of nitrogens with one attached hydrogen (secondary N) is 1. The van der Waals surface area contributed by atoms with Crippen LogP contribution in [0.2, 0.25) is 0 Å². The van der Waals surface area contributed by atoms with E-state index in [4.69, 9.17) is 4.74 Å². The van der Waals surface area contributed by atoms with E-state index in [0.717, 1.165) is 30.4 Å².